The van der Waals surface area contributed by atoms with Gasteiger partial charge in [-0.25, -0.2) is 4.79 Å². The minimum Gasteiger partial charge on any atom is -0.461 e. The van der Waals surface area contributed by atoms with Crippen LogP contribution in [0.15, 0.2) is 63.8 Å². The van der Waals surface area contributed by atoms with Crippen LogP contribution in [0.4, 0.5) is 0 Å². The lowest BCUT2D eigenvalue weighted by atomic mass is 9.83. The molecule has 1 aliphatic heterocycles. The van der Waals surface area contributed by atoms with Crippen molar-refractivity contribution < 1.29 is 14.3 Å². The molecule has 1 N–H and O–H groups in total. The second-order valence-corrected chi connectivity index (χ2v) is 6.07. The summed E-state index contributed by atoms with van der Waals surface area (Å²) in [5.74, 6) is -1.19. The summed E-state index contributed by atoms with van der Waals surface area (Å²) in [6.07, 6.45) is 0.299. The summed E-state index contributed by atoms with van der Waals surface area (Å²) in [6, 6.07) is 16.9. The van der Waals surface area contributed by atoms with Crippen LogP contribution in [0.5, 0.6) is 5.75 Å². The lowest BCUT2D eigenvalue weighted by molar-refractivity contribution is -0.136. The van der Waals surface area contributed by atoms with Gasteiger partial charge in [-0.1, -0.05) is 42.5 Å². The molecule has 0 aliphatic carbocycles. The first-order valence-electron chi connectivity index (χ1n) is 7.57. The highest BCUT2D eigenvalue weighted by atomic mass is 16.6. The fraction of sp³-hybridized carbons (Fsp3) is 0.211. The highest BCUT2D eigenvalue weighted by Crippen LogP contribution is 2.44. The molecular weight excluding hydrogens is 292 g/mol. The number of benzene rings is 2. The second kappa shape index (κ2) is 4.96. The Kier molecular flexibility index (Phi) is 3.03. The molecule has 2 atom stereocenters. The largest absolute Gasteiger partial charge is 0.461 e. The molecule has 23 heavy (non-hydrogen) atoms. The first-order chi connectivity index (χ1) is 11.1. The molecule has 0 unspecified atom stereocenters. The van der Waals surface area contributed by atoms with E-state index in [1.54, 1.807) is 19.1 Å². The van der Waals surface area contributed by atoms with Gasteiger partial charge >= 0.3 is 5.63 Å². The molecule has 0 radical (unpaired) electrons. The van der Waals surface area contributed by atoms with Crippen molar-refractivity contribution in [1.82, 2.24) is 0 Å². The third kappa shape index (κ3) is 2.32. The van der Waals surface area contributed by atoms with E-state index in [9.17, 15) is 9.90 Å². The van der Waals surface area contributed by atoms with E-state index in [0.29, 0.717) is 28.7 Å². The van der Waals surface area contributed by atoms with Gasteiger partial charge in [0.2, 0.25) is 5.79 Å². The van der Waals surface area contributed by atoms with Gasteiger partial charge in [-0.15, -0.1) is 0 Å². The summed E-state index contributed by atoms with van der Waals surface area (Å²) in [4.78, 5) is 12.5. The van der Waals surface area contributed by atoms with Crippen LogP contribution in [-0.4, -0.2) is 10.9 Å². The van der Waals surface area contributed by atoms with E-state index in [1.165, 1.54) is 0 Å². The predicted octanol–water partition coefficient (Wildman–Crippen LogP) is 3.42. The first kappa shape index (κ1) is 14.0. The highest BCUT2D eigenvalue weighted by Gasteiger charge is 2.39. The van der Waals surface area contributed by atoms with Crippen molar-refractivity contribution in [2.24, 2.45) is 0 Å². The Balaban J connectivity index is 2.04. The average molecular weight is 308 g/mol. The van der Waals surface area contributed by atoms with Crippen molar-refractivity contribution in [1.29, 1.82) is 0 Å². The normalized spacial score (nSPS) is 23.3. The Morgan fingerprint density at radius 2 is 1.78 bits per heavy atom. The highest BCUT2D eigenvalue weighted by molar-refractivity contribution is 5.85. The molecular formula is C19H16O4. The van der Waals surface area contributed by atoms with Gasteiger partial charge in [0.25, 0.3) is 0 Å². The molecule has 0 saturated carbocycles. The monoisotopic (exact) mass is 308 g/mol. The molecule has 1 aromatic heterocycles. The SMILES string of the molecule is C[C@@]1(O)C[C@H](c2ccccc2)c2c(c3ccccc3oc2=O)O1. The maximum Gasteiger partial charge on any atom is 0.343 e. The molecule has 116 valence electrons. The van der Waals surface area contributed by atoms with Crippen molar-refractivity contribution in [3.05, 3.63) is 76.1 Å². The third-order valence-electron chi connectivity index (χ3n) is 4.25. The zero-order chi connectivity index (χ0) is 16.0. The van der Waals surface area contributed by atoms with Gasteiger partial charge in [-0.3, -0.25) is 0 Å². The number of aliphatic hydroxyl groups is 1. The Morgan fingerprint density at radius 1 is 1.09 bits per heavy atom. The molecule has 0 amide bonds. The summed E-state index contributed by atoms with van der Waals surface area (Å²) in [5.41, 5.74) is 1.48. The number of rotatable bonds is 1. The van der Waals surface area contributed by atoms with E-state index in [0.717, 1.165) is 5.56 Å². The molecule has 4 rings (SSSR count). The number of para-hydroxylation sites is 1. The zero-order valence-electron chi connectivity index (χ0n) is 12.7. The Morgan fingerprint density at radius 3 is 2.57 bits per heavy atom. The second-order valence-electron chi connectivity index (χ2n) is 6.07. The molecule has 2 heterocycles. The maximum absolute atomic E-state index is 12.5. The van der Waals surface area contributed by atoms with E-state index in [2.05, 4.69) is 0 Å². The number of ether oxygens (including phenoxy) is 1. The molecule has 1 aliphatic rings. The molecule has 0 saturated heterocycles. The van der Waals surface area contributed by atoms with E-state index in [-0.39, 0.29) is 5.92 Å². The van der Waals surface area contributed by atoms with Crippen LogP contribution >= 0.6 is 0 Å². The number of hydrogen-bond acceptors (Lipinski definition) is 4. The van der Waals surface area contributed by atoms with Crippen molar-refractivity contribution in [3.63, 3.8) is 0 Å². The van der Waals surface area contributed by atoms with Crippen molar-refractivity contribution >= 4 is 11.0 Å². The fourth-order valence-electron chi connectivity index (χ4n) is 3.26. The van der Waals surface area contributed by atoms with Gasteiger partial charge in [0, 0.05) is 19.3 Å². The van der Waals surface area contributed by atoms with Crippen LogP contribution in [-0.2, 0) is 0 Å². The van der Waals surface area contributed by atoms with Crippen molar-refractivity contribution in [2.45, 2.75) is 25.0 Å². The topological polar surface area (TPSA) is 59.7 Å². The van der Waals surface area contributed by atoms with Crippen LogP contribution < -0.4 is 10.4 Å². The standard InChI is InChI=1S/C19H16O4/c1-19(21)11-14(12-7-3-2-4-8-12)16-17(23-19)13-9-5-6-10-15(13)22-18(16)20/h2-10,14,21H,11H2,1H3/t14-,19+/m1/s1. The molecule has 0 spiro atoms. The van der Waals surface area contributed by atoms with Crippen molar-refractivity contribution in [2.75, 3.05) is 0 Å². The molecule has 0 bridgehead atoms. The van der Waals surface area contributed by atoms with E-state index in [4.69, 9.17) is 9.15 Å². The Bertz CT molecular complexity index is 925. The number of fused-ring (bicyclic) bond motifs is 3. The summed E-state index contributed by atoms with van der Waals surface area (Å²) in [5, 5.41) is 11.2. The molecule has 0 fully saturated rings. The minimum atomic E-state index is -1.34. The van der Waals surface area contributed by atoms with E-state index in [1.807, 2.05) is 42.5 Å². The van der Waals surface area contributed by atoms with Crippen molar-refractivity contribution in [3.8, 4) is 5.75 Å². The van der Waals surface area contributed by atoms with E-state index < -0.39 is 11.4 Å². The summed E-state index contributed by atoms with van der Waals surface area (Å²) < 4.78 is 11.2. The van der Waals surface area contributed by atoms with Crippen LogP contribution in [0.3, 0.4) is 0 Å². The van der Waals surface area contributed by atoms with Gasteiger partial charge in [0.1, 0.15) is 11.3 Å². The lowest BCUT2D eigenvalue weighted by Crippen LogP contribution is -2.40. The predicted molar refractivity (Wildman–Crippen MR) is 86.6 cm³/mol. The molecule has 4 heteroatoms. The Hall–Kier alpha value is -2.59. The first-order valence-corrected chi connectivity index (χ1v) is 7.57. The van der Waals surface area contributed by atoms with Gasteiger partial charge in [0.05, 0.1) is 10.9 Å². The van der Waals surface area contributed by atoms with Crippen LogP contribution in [0.25, 0.3) is 11.0 Å². The molecule has 2 aromatic carbocycles. The van der Waals surface area contributed by atoms with Gasteiger partial charge in [-0.2, -0.15) is 0 Å². The quantitative estimate of drug-likeness (QED) is 0.700. The summed E-state index contributed by atoms with van der Waals surface area (Å²) in [6.45, 7) is 1.62. The lowest BCUT2D eigenvalue weighted by Gasteiger charge is -2.36. The number of hydrogen-bond donors (Lipinski definition) is 1. The smallest absolute Gasteiger partial charge is 0.343 e. The third-order valence-corrected chi connectivity index (χ3v) is 4.25. The summed E-state index contributed by atoms with van der Waals surface area (Å²) >= 11 is 0. The van der Waals surface area contributed by atoms with Crippen LogP contribution in [0.2, 0.25) is 0 Å². The summed E-state index contributed by atoms with van der Waals surface area (Å²) in [7, 11) is 0. The van der Waals surface area contributed by atoms with Gasteiger partial charge in [-0.05, 0) is 17.7 Å². The minimum absolute atomic E-state index is 0.268. The molecule has 3 aromatic rings. The van der Waals surface area contributed by atoms with Gasteiger partial charge < -0.3 is 14.3 Å². The Labute approximate surface area is 132 Å². The van der Waals surface area contributed by atoms with Crippen LogP contribution in [0.1, 0.15) is 30.4 Å². The fourth-order valence-corrected chi connectivity index (χ4v) is 3.26. The average Bonchev–Trinajstić information content (AvgIpc) is 2.54. The van der Waals surface area contributed by atoms with E-state index >= 15 is 0 Å². The molecule has 4 nitrogen and oxygen atoms in total. The van der Waals surface area contributed by atoms with Crippen LogP contribution in [0, 0.1) is 0 Å². The zero-order valence-corrected chi connectivity index (χ0v) is 12.7. The maximum atomic E-state index is 12.5. The van der Waals surface area contributed by atoms with Gasteiger partial charge in [0.15, 0.2) is 0 Å².